The fraction of sp³-hybridized carbons (Fsp3) is 0.615. The standard InChI is InChI=1S/C13H16BrNO2/c1-2-9-5-6-13(7-9,8-15)12(16)10-3-4-11(14)17-10/h3-4,9,12,16H,2,5-7H2,1H3. The molecule has 2 rings (SSSR count). The van der Waals surface area contributed by atoms with E-state index in [4.69, 9.17) is 4.42 Å². The molecule has 3 nitrogen and oxygen atoms in total. The van der Waals surface area contributed by atoms with Gasteiger partial charge in [-0.3, -0.25) is 0 Å². The van der Waals surface area contributed by atoms with Crippen LogP contribution in [-0.4, -0.2) is 5.11 Å². The zero-order chi connectivity index (χ0) is 12.5. The number of nitrogens with zero attached hydrogens (tertiary/aromatic N) is 1. The van der Waals surface area contributed by atoms with Crippen molar-refractivity contribution in [2.24, 2.45) is 11.3 Å². The monoisotopic (exact) mass is 297 g/mol. The maximum absolute atomic E-state index is 10.4. The van der Waals surface area contributed by atoms with Crippen molar-refractivity contribution in [2.45, 2.75) is 38.7 Å². The van der Waals surface area contributed by atoms with Crippen molar-refractivity contribution in [2.75, 3.05) is 0 Å². The Morgan fingerprint density at radius 3 is 2.94 bits per heavy atom. The van der Waals surface area contributed by atoms with Crippen molar-refractivity contribution in [3.8, 4) is 6.07 Å². The quantitative estimate of drug-likeness (QED) is 0.923. The first-order valence-electron chi connectivity index (χ1n) is 5.96. The van der Waals surface area contributed by atoms with Gasteiger partial charge >= 0.3 is 0 Å². The summed E-state index contributed by atoms with van der Waals surface area (Å²) in [7, 11) is 0. The highest BCUT2D eigenvalue weighted by Crippen LogP contribution is 2.50. The maximum Gasteiger partial charge on any atom is 0.169 e. The third kappa shape index (κ3) is 2.27. The van der Waals surface area contributed by atoms with E-state index in [2.05, 4.69) is 28.9 Å². The summed E-state index contributed by atoms with van der Waals surface area (Å²) in [4.78, 5) is 0. The molecule has 1 aromatic rings. The molecule has 3 atom stereocenters. The van der Waals surface area contributed by atoms with Crippen LogP contribution in [-0.2, 0) is 0 Å². The normalized spacial score (nSPS) is 30.1. The zero-order valence-corrected chi connectivity index (χ0v) is 11.4. The van der Waals surface area contributed by atoms with Crippen molar-refractivity contribution >= 4 is 15.9 Å². The van der Waals surface area contributed by atoms with Crippen molar-refractivity contribution in [3.63, 3.8) is 0 Å². The highest BCUT2D eigenvalue weighted by atomic mass is 79.9. The van der Waals surface area contributed by atoms with Crippen molar-refractivity contribution in [3.05, 3.63) is 22.6 Å². The molecule has 1 N–H and O–H groups in total. The molecule has 92 valence electrons. The van der Waals surface area contributed by atoms with Crippen LogP contribution in [0.3, 0.4) is 0 Å². The largest absolute Gasteiger partial charge is 0.452 e. The molecule has 0 aliphatic heterocycles. The van der Waals surface area contributed by atoms with Gasteiger partial charge in [0, 0.05) is 0 Å². The topological polar surface area (TPSA) is 57.2 Å². The highest BCUT2D eigenvalue weighted by Gasteiger charge is 2.46. The second-order valence-electron chi connectivity index (χ2n) is 4.83. The van der Waals surface area contributed by atoms with Crippen molar-refractivity contribution in [1.82, 2.24) is 0 Å². The van der Waals surface area contributed by atoms with E-state index >= 15 is 0 Å². The molecule has 0 saturated heterocycles. The lowest BCUT2D eigenvalue weighted by atomic mass is 9.80. The minimum absolute atomic E-state index is 0.482. The third-order valence-corrected chi connectivity index (χ3v) is 4.26. The van der Waals surface area contributed by atoms with Gasteiger partial charge in [0.25, 0.3) is 0 Å². The summed E-state index contributed by atoms with van der Waals surface area (Å²) in [6.07, 6.45) is 2.78. The fourth-order valence-corrected chi connectivity index (χ4v) is 3.01. The first kappa shape index (κ1) is 12.7. The van der Waals surface area contributed by atoms with Gasteiger partial charge in [0.2, 0.25) is 0 Å². The Morgan fingerprint density at radius 1 is 1.71 bits per heavy atom. The Balaban J connectivity index is 2.22. The molecule has 1 aromatic heterocycles. The average Bonchev–Trinajstić information content (AvgIpc) is 2.95. The molecule has 1 heterocycles. The van der Waals surface area contributed by atoms with E-state index < -0.39 is 11.5 Å². The van der Waals surface area contributed by atoms with E-state index in [0.29, 0.717) is 16.3 Å². The lowest BCUT2D eigenvalue weighted by molar-refractivity contribution is 0.0443. The first-order valence-corrected chi connectivity index (χ1v) is 6.75. The number of nitriles is 1. The summed E-state index contributed by atoms with van der Waals surface area (Å²) >= 11 is 3.21. The van der Waals surface area contributed by atoms with Crippen LogP contribution in [0.2, 0.25) is 0 Å². The van der Waals surface area contributed by atoms with Crippen molar-refractivity contribution < 1.29 is 9.52 Å². The Morgan fingerprint density at radius 2 is 2.47 bits per heavy atom. The van der Waals surface area contributed by atoms with E-state index in [1.165, 1.54) is 0 Å². The summed E-state index contributed by atoms with van der Waals surface area (Å²) < 4.78 is 5.96. The second-order valence-corrected chi connectivity index (χ2v) is 5.61. The highest BCUT2D eigenvalue weighted by molar-refractivity contribution is 9.10. The van der Waals surface area contributed by atoms with Crippen LogP contribution in [0.15, 0.2) is 21.2 Å². The van der Waals surface area contributed by atoms with Crippen LogP contribution in [0.5, 0.6) is 0 Å². The number of hydrogen-bond acceptors (Lipinski definition) is 3. The molecule has 0 bridgehead atoms. The predicted molar refractivity (Wildman–Crippen MR) is 67.0 cm³/mol. The van der Waals surface area contributed by atoms with Gasteiger partial charge in [0.05, 0.1) is 11.5 Å². The van der Waals surface area contributed by atoms with E-state index in [-0.39, 0.29) is 0 Å². The minimum atomic E-state index is -0.824. The first-order chi connectivity index (χ1) is 8.11. The second kappa shape index (κ2) is 4.83. The zero-order valence-electron chi connectivity index (χ0n) is 9.82. The van der Waals surface area contributed by atoms with E-state index in [1.54, 1.807) is 12.1 Å². The summed E-state index contributed by atoms with van der Waals surface area (Å²) in [5.41, 5.74) is -0.669. The molecular formula is C13H16BrNO2. The predicted octanol–water partition coefficient (Wildman–Crippen LogP) is 3.80. The van der Waals surface area contributed by atoms with Crippen LogP contribution in [0.1, 0.15) is 44.5 Å². The molecule has 1 aliphatic carbocycles. The molecule has 0 radical (unpaired) electrons. The molecule has 1 fully saturated rings. The molecule has 3 unspecified atom stereocenters. The van der Waals surface area contributed by atoms with Crippen molar-refractivity contribution in [1.29, 1.82) is 5.26 Å². The molecule has 17 heavy (non-hydrogen) atoms. The third-order valence-electron chi connectivity index (χ3n) is 3.84. The minimum Gasteiger partial charge on any atom is -0.452 e. The molecular weight excluding hydrogens is 282 g/mol. The number of furan rings is 1. The smallest absolute Gasteiger partial charge is 0.169 e. The molecule has 1 aliphatic rings. The maximum atomic E-state index is 10.4. The van der Waals surface area contributed by atoms with Gasteiger partial charge in [-0.1, -0.05) is 13.3 Å². The summed E-state index contributed by atoms with van der Waals surface area (Å²) in [5, 5.41) is 19.8. The van der Waals surface area contributed by atoms with Gasteiger partial charge in [-0.25, -0.2) is 0 Å². The summed E-state index contributed by atoms with van der Waals surface area (Å²) in [6, 6.07) is 5.80. The van der Waals surface area contributed by atoms with Crippen LogP contribution in [0.25, 0.3) is 0 Å². The summed E-state index contributed by atoms with van der Waals surface area (Å²) in [5.74, 6) is 1.03. The SMILES string of the molecule is CCC1CCC(C#N)(C(O)c2ccc(Br)o2)C1. The van der Waals surface area contributed by atoms with Gasteiger partial charge in [-0.2, -0.15) is 5.26 Å². The van der Waals surface area contributed by atoms with Gasteiger partial charge in [-0.05, 0) is 53.2 Å². The van der Waals surface area contributed by atoms with Gasteiger partial charge in [-0.15, -0.1) is 0 Å². The average molecular weight is 298 g/mol. The van der Waals surface area contributed by atoms with Crippen LogP contribution >= 0.6 is 15.9 Å². The van der Waals surface area contributed by atoms with Gasteiger partial charge in [0.1, 0.15) is 11.9 Å². The molecule has 4 heteroatoms. The van der Waals surface area contributed by atoms with Gasteiger partial charge in [0.15, 0.2) is 4.67 Å². The van der Waals surface area contributed by atoms with E-state index in [9.17, 15) is 10.4 Å². The molecule has 0 aromatic carbocycles. The Labute approximate surface area is 110 Å². The Kier molecular flexibility index (Phi) is 3.60. The van der Waals surface area contributed by atoms with E-state index in [1.807, 2.05) is 0 Å². The van der Waals surface area contributed by atoms with Crippen LogP contribution < -0.4 is 0 Å². The lowest BCUT2D eigenvalue weighted by Crippen LogP contribution is -2.24. The number of aliphatic hydroxyl groups excluding tert-OH is 1. The Hall–Kier alpha value is -0.790. The number of halogens is 1. The number of hydrogen-bond donors (Lipinski definition) is 1. The molecule has 0 spiro atoms. The fourth-order valence-electron chi connectivity index (χ4n) is 2.69. The molecule has 1 saturated carbocycles. The molecule has 0 amide bonds. The lowest BCUT2D eigenvalue weighted by Gasteiger charge is -2.25. The Bertz CT molecular complexity index is 437. The number of aliphatic hydroxyl groups is 1. The van der Waals surface area contributed by atoms with E-state index in [0.717, 1.165) is 25.7 Å². The van der Waals surface area contributed by atoms with Gasteiger partial charge < -0.3 is 9.52 Å². The summed E-state index contributed by atoms with van der Waals surface area (Å²) in [6.45, 7) is 2.13. The van der Waals surface area contributed by atoms with Crippen LogP contribution in [0, 0.1) is 22.7 Å². The number of rotatable bonds is 3. The van der Waals surface area contributed by atoms with Crippen LogP contribution in [0.4, 0.5) is 0 Å².